The highest BCUT2D eigenvalue weighted by Gasteiger charge is 2.17. The van der Waals surface area contributed by atoms with Gasteiger partial charge in [0, 0.05) is 7.11 Å². The van der Waals surface area contributed by atoms with E-state index in [1.54, 1.807) is 19.2 Å². The smallest absolute Gasteiger partial charge is 0.412 e. The van der Waals surface area contributed by atoms with Gasteiger partial charge in [0.25, 0.3) is 0 Å². The molecule has 0 unspecified atom stereocenters. The number of nitrogens with one attached hydrogen (secondary N) is 1. The lowest BCUT2D eigenvalue weighted by Gasteiger charge is -2.20. The summed E-state index contributed by atoms with van der Waals surface area (Å²) in [5, 5.41) is 2.67. The van der Waals surface area contributed by atoms with Crippen molar-refractivity contribution in [3.63, 3.8) is 0 Å². The van der Waals surface area contributed by atoms with Crippen molar-refractivity contribution in [3.05, 3.63) is 24.3 Å². The molecule has 0 aliphatic rings. The van der Waals surface area contributed by atoms with Gasteiger partial charge in [0.2, 0.25) is 0 Å². The summed E-state index contributed by atoms with van der Waals surface area (Å²) in [7, 11) is 1.61. The highest BCUT2D eigenvalue weighted by atomic mass is 16.6. The van der Waals surface area contributed by atoms with E-state index >= 15 is 0 Å². The molecule has 5 nitrogen and oxygen atoms in total. The second-order valence-electron chi connectivity index (χ2n) is 4.96. The van der Waals surface area contributed by atoms with E-state index in [1.165, 1.54) is 0 Å². The van der Waals surface area contributed by atoms with Crippen molar-refractivity contribution in [1.82, 2.24) is 0 Å². The molecule has 19 heavy (non-hydrogen) atoms. The standard InChI is InChI=1S/C14H21NO4/c1-14(2,3)19-13(16)15-11-7-5-6-8-12(11)18-10-9-17-4/h5-8H,9-10H2,1-4H3,(H,15,16). The summed E-state index contributed by atoms with van der Waals surface area (Å²) in [5.74, 6) is 0.588. The number of hydrogen-bond acceptors (Lipinski definition) is 4. The Morgan fingerprint density at radius 3 is 2.53 bits per heavy atom. The van der Waals surface area contributed by atoms with E-state index in [-0.39, 0.29) is 0 Å². The Morgan fingerprint density at radius 2 is 1.89 bits per heavy atom. The van der Waals surface area contributed by atoms with Crippen molar-refractivity contribution >= 4 is 11.8 Å². The number of carbonyl (C=O) groups excluding carboxylic acids is 1. The van der Waals surface area contributed by atoms with Crippen LogP contribution in [0.1, 0.15) is 20.8 Å². The molecule has 0 atom stereocenters. The SMILES string of the molecule is COCCOc1ccccc1NC(=O)OC(C)(C)C. The van der Waals surface area contributed by atoms with Gasteiger partial charge in [-0.2, -0.15) is 0 Å². The zero-order chi connectivity index (χ0) is 14.3. The Labute approximate surface area is 113 Å². The Bertz CT molecular complexity index is 412. The van der Waals surface area contributed by atoms with Crippen LogP contribution in [0, 0.1) is 0 Å². The Morgan fingerprint density at radius 1 is 1.21 bits per heavy atom. The normalized spacial score (nSPS) is 10.9. The molecule has 0 aliphatic heterocycles. The number of carbonyl (C=O) groups is 1. The molecule has 0 bridgehead atoms. The Balaban J connectivity index is 2.64. The number of benzene rings is 1. The molecule has 0 aliphatic carbocycles. The first-order valence-corrected chi connectivity index (χ1v) is 6.13. The zero-order valence-electron chi connectivity index (χ0n) is 11.9. The number of rotatable bonds is 5. The summed E-state index contributed by atoms with van der Waals surface area (Å²) in [4.78, 5) is 11.7. The predicted octanol–water partition coefficient (Wildman–Crippen LogP) is 3.06. The number of ether oxygens (including phenoxy) is 3. The highest BCUT2D eigenvalue weighted by molar-refractivity contribution is 5.86. The van der Waals surface area contributed by atoms with Crippen LogP contribution < -0.4 is 10.1 Å². The summed E-state index contributed by atoms with van der Waals surface area (Å²) in [6.45, 7) is 6.35. The molecule has 0 saturated carbocycles. The van der Waals surface area contributed by atoms with E-state index in [0.717, 1.165) is 0 Å². The van der Waals surface area contributed by atoms with Crippen LogP contribution in [0.25, 0.3) is 0 Å². The number of amides is 1. The van der Waals surface area contributed by atoms with Gasteiger partial charge in [-0.25, -0.2) is 4.79 Å². The molecule has 5 heteroatoms. The number of methoxy groups -OCH3 is 1. The summed E-state index contributed by atoms with van der Waals surface area (Å²) in [6, 6.07) is 7.19. The van der Waals surface area contributed by atoms with Crippen LogP contribution >= 0.6 is 0 Å². The summed E-state index contributed by atoms with van der Waals surface area (Å²) in [6.07, 6.45) is -0.504. The number of hydrogen-bond donors (Lipinski definition) is 1. The lowest BCUT2D eigenvalue weighted by atomic mass is 10.2. The minimum absolute atomic E-state index is 0.420. The number of para-hydroxylation sites is 2. The molecule has 1 amide bonds. The van der Waals surface area contributed by atoms with E-state index in [0.29, 0.717) is 24.7 Å². The third-order valence-corrected chi connectivity index (χ3v) is 2.07. The van der Waals surface area contributed by atoms with E-state index < -0.39 is 11.7 Å². The van der Waals surface area contributed by atoms with Crippen molar-refractivity contribution in [3.8, 4) is 5.75 Å². The van der Waals surface area contributed by atoms with Gasteiger partial charge in [-0.3, -0.25) is 5.32 Å². The Kier molecular flexibility index (Phi) is 5.63. The third kappa shape index (κ3) is 6.10. The fourth-order valence-electron chi connectivity index (χ4n) is 1.34. The number of anilines is 1. The molecule has 0 fully saturated rings. The average molecular weight is 267 g/mol. The van der Waals surface area contributed by atoms with Crippen molar-refractivity contribution in [2.45, 2.75) is 26.4 Å². The quantitative estimate of drug-likeness (QED) is 0.833. The maximum Gasteiger partial charge on any atom is 0.412 e. The van der Waals surface area contributed by atoms with Crippen LogP contribution in [0.15, 0.2) is 24.3 Å². The summed E-state index contributed by atoms with van der Waals surface area (Å²) < 4.78 is 15.6. The van der Waals surface area contributed by atoms with Crippen LogP contribution in [0.2, 0.25) is 0 Å². The second-order valence-corrected chi connectivity index (χ2v) is 4.96. The minimum Gasteiger partial charge on any atom is -0.489 e. The summed E-state index contributed by atoms with van der Waals surface area (Å²) in [5.41, 5.74) is 0.0449. The van der Waals surface area contributed by atoms with Gasteiger partial charge in [0.05, 0.1) is 12.3 Å². The molecule has 0 saturated heterocycles. The van der Waals surface area contributed by atoms with Gasteiger partial charge < -0.3 is 14.2 Å². The molecule has 1 rings (SSSR count). The van der Waals surface area contributed by atoms with Gasteiger partial charge in [-0.15, -0.1) is 0 Å². The largest absolute Gasteiger partial charge is 0.489 e. The zero-order valence-corrected chi connectivity index (χ0v) is 11.9. The maximum atomic E-state index is 11.7. The summed E-state index contributed by atoms with van der Waals surface area (Å²) >= 11 is 0. The minimum atomic E-state index is -0.532. The van der Waals surface area contributed by atoms with Gasteiger partial charge in [0.1, 0.15) is 18.0 Å². The van der Waals surface area contributed by atoms with Crippen LogP contribution in [0.3, 0.4) is 0 Å². The van der Waals surface area contributed by atoms with Gasteiger partial charge in [-0.1, -0.05) is 12.1 Å². The fourth-order valence-corrected chi connectivity index (χ4v) is 1.34. The molecule has 1 aromatic carbocycles. The molecule has 1 aromatic rings. The third-order valence-electron chi connectivity index (χ3n) is 2.07. The molecular formula is C14H21NO4. The fraction of sp³-hybridized carbons (Fsp3) is 0.500. The van der Waals surface area contributed by atoms with Crippen molar-refractivity contribution in [2.75, 3.05) is 25.6 Å². The van der Waals surface area contributed by atoms with Crippen LogP contribution in [0.4, 0.5) is 10.5 Å². The lowest BCUT2D eigenvalue weighted by molar-refractivity contribution is 0.0635. The Hall–Kier alpha value is -1.75. The highest BCUT2D eigenvalue weighted by Crippen LogP contribution is 2.24. The molecule has 0 spiro atoms. The molecular weight excluding hydrogens is 246 g/mol. The molecule has 0 radical (unpaired) electrons. The van der Waals surface area contributed by atoms with Gasteiger partial charge in [-0.05, 0) is 32.9 Å². The molecule has 0 heterocycles. The second kappa shape index (κ2) is 6.99. The van der Waals surface area contributed by atoms with E-state index in [1.807, 2.05) is 32.9 Å². The van der Waals surface area contributed by atoms with Crippen molar-refractivity contribution in [1.29, 1.82) is 0 Å². The monoisotopic (exact) mass is 267 g/mol. The van der Waals surface area contributed by atoms with Crippen LogP contribution in [0.5, 0.6) is 5.75 Å². The van der Waals surface area contributed by atoms with E-state index in [2.05, 4.69) is 5.32 Å². The van der Waals surface area contributed by atoms with Gasteiger partial charge >= 0.3 is 6.09 Å². The van der Waals surface area contributed by atoms with Crippen molar-refractivity contribution in [2.24, 2.45) is 0 Å². The molecule has 106 valence electrons. The van der Waals surface area contributed by atoms with Crippen molar-refractivity contribution < 1.29 is 19.0 Å². The lowest BCUT2D eigenvalue weighted by Crippen LogP contribution is -2.27. The van der Waals surface area contributed by atoms with Gasteiger partial charge in [0.15, 0.2) is 0 Å². The molecule has 1 N–H and O–H groups in total. The van der Waals surface area contributed by atoms with E-state index in [4.69, 9.17) is 14.2 Å². The maximum absolute atomic E-state index is 11.7. The van der Waals surface area contributed by atoms with E-state index in [9.17, 15) is 4.79 Å². The van der Waals surface area contributed by atoms with Crippen LogP contribution in [-0.2, 0) is 9.47 Å². The predicted molar refractivity (Wildman–Crippen MR) is 73.7 cm³/mol. The first-order valence-electron chi connectivity index (χ1n) is 6.13. The first-order chi connectivity index (χ1) is 8.92. The molecule has 0 aromatic heterocycles. The first kappa shape index (κ1) is 15.3. The topological polar surface area (TPSA) is 56.8 Å². The van der Waals surface area contributed by atoms with Crippen LogP contribution in [-0.4, -0.2) is 32.0 Å². The average Bonchev–Trinajstić information content (AvgIpc) is 2.29.